The van der Waals surface area contributed by atoms with Crippen LogP contribution in [0.25, 0.3) is 5.69 Å². The van der Waals surface area contributed by atoms with Crippen molar-refractivity contribution in [2.75, 3.05) is 31.6 Å². The number of rotatable bonds is 5. The van der Waals surface area contributed by atoms with E-state index < -0.39 is 0 Å². The number of nitrogens with one attached hydrogen (secondary N) is 1. The molecule has 3 heterocycles. The number of halogens is 1. The van der Waals surface area contributed by atoms with Crippen molar-refractivity contribution >= 4 is 11.7 Å². The van der Waals surface area contributed by atoms with Crippen LogP contribution < -0.4 is 5.32 Å². The molecule has 156 valence electrons. The van der Waals surface area contributed by atoms with Crippen molar-refractivity contribution in [2.24, 2.45) is 0 Å². The molecule has 0 saturated carbocycles. The molecular formula is C21H23FN6O2. The third kappa shape index (κ3) is 4.16. The normalized spacial score (nSPS) is 14.0. The van der Waals surface area contributed by atoms with Gasteiger partial charge in [-0.25, -0.2) is 14.1 Å². The number of aromatic nitrogens is 4. The van der Waals surface area contributed by atoms with Gasteiger partial charge in [0.25, 0.3) is 5.91 Å². The topological polar surface area (TPSA) is 85.2 Å². The number of ether oxygens (including phenoxy) is 1. The summed E-state index contributed by atoms with van der Waals surface area (Å²) in [5, 5.41) is 7.81. The maximum atomic E-state index is 13.2. The Morgan fingerprint density at radius 3 is 2.63 bits per heavy atom. The van der Waals surface area contributed by atoms with E-state index in [1.54, 1.807) is 27.9 Å². The van der Waals surface area contributed by atoms with Gasteiger partial charge < -0.3 is 15.0 Å². The lowest BCUT2D eigenvalue weighted by atomic mass is 10.2. The fourth-order valence-corrected chi connectivity index (χ4v) is 3.43. The van der Waals surface area contributed by atoms with Crippen LogP contribution in [0.2, 0.25) is 0 Å². The number of carbonyl (C=O) groups excluding carboxylic acids is 1. The quantitative estimate of drug-likeness (QED) is 0.696. The summed E-state index contributed by atoms with van der Waals surface area (Å²) in [6.07, 6.45) is 3.07. The standard InChI is InChI=1S/C21H23FN6O2/c1-14-18(15(2)28(26-14)17-5-3-16(22)4-6-17)11-24-20-13-23-12-19(25-20)21(29)27-7-9-30-10-8-27/h3-6,12-13H,7-11H2,1-2H3,(H,24,25). The number of morpholine rings is 1. The number of aryl methyl sites for hydroxylation is 1. The molecule has 0 aliphatic carbocycles. The molecule has 1 aliphatic heterocycles. The highest BCUT2D eigenvalue weighted by Gasteiger charge is 2.20. The summed E-state index contributed by atoms with van der Waals surface area (Å²) >= 11 is 0. The lowest BCUT2D eigenvalue weighted by molar-refractivity contribution is 0.0299. The number of anilines is 1. The average Bonchev–Trinajstić information content (AvgIpc) is 3.06. The molecule has 1 N–H and O–H groups in total. The first-order chi connectivity index (χ1) is 14.5. The molecule has 9 heteroatoms. The Hall–Kier alpha value is -3.33. The van der Waals surface area contributed by atoms with Crippen LogP contribution in [0, 0.1) is 19.7 Å². The monoisotopic (exact) mass is 410 g/mol. The third-order valence-corrected chi connectivity index (χ3v) is 5.11. The summed E-state index contributed by atoms with van der Waals surface area (Å²) in [6, 6.07) is 6.21. The number of carbonyl (C=O) groups is 1. The van der Waals surface area contributed by atoms with Crippen LogP contribution in [0.5, 0.6) is 0 Å². The van der Waals surface area contributed by atoms with Crippen molar-refractivity contribution in [1.29, 1.82) is 0 Å². The molecular weight excluding hydrogens is 387 g/mol. The second-order valence-corrected chi connectivity index (χ2v) is 7.09. The molecule has 1 aliphatic rings. The van der Waals surface area contributed by atoms with E-state index in [9.17, 15) is 9.18 Å². The first-order valence-corrected chi connectivity index (χ1v) is 9.77. The Bertz CT molecular complexity index is 1040. The Kier molecular flexibility index (Phi) is 5.71. The zero-order valence-corrected chi connectivity index (χ0v) is 16.9. The second kappa shape index (κ2) is 8.58. The summed E-state index contributed by atoms with van der Waals surface area (Å²) in [7, 11) is 0. The van der Waals surface area contributed by atoms with Crippen molar-refractivity contribution < 1.29 is 13.9 Å². The van der Waals surface area contributed by atoms with Gasteiger partial charge in [-0.2, -0.15) is 5.10 Å². The molecule has 8 nitrogen and oxygen atoms in total. The predicted molar refractivity (Wildman–Crippen MR) is 109 cm³/mol. The molecule has 1 amide bonds. The molecule has 0 spiro atoms. The number of amides is 1. The van der Waals surface area contributed by atoms with E-state index in [1.807, 2.05) is 13.8 Å². The lowest BCUT2D eigenvalue weighted by Crippen LogP contribution is -2.41. The highest BCUT2D eigenvalue weighted by Crippen LogP contribution is 2.19. The summed E-state index contributed by atoms with van der Waals surface area (Å²) in [5.41, 5.74) is 3.91. The maximum Gasteiger partial charge on any atom is 0.274 e. The fraction of sp³-hybridized carbons (Fsp3) is 0.333. The molecule has 4 rings (SSSR count). The second-order valence-electron chi connectivity index (χ2n) is 7.09. The zero-order valence-electron chi connectivity index (χ0n) is 16.9. The van der Waals surface area contributed by atoms with Gasteiger partial charge in [-0.05, 0) is 38.1 Å². The summed E-state index contributed by atoms with van der Waals surface area (Å²) < 4.78 is 20.3. The maximum absolute atomic E-state index is 13.2. The summed E-state index contributed by atoms with van der Waals surface area (Å²) in [5.74, 6) is 0.0839. The number of hydrogen-bond donors (Lipinski definition) is 1. The van der Waals surface area contributed by atoms with E-state index in [0.717, 1.165) is 22.6 Å². The minimum absolute atomic E-state index is 0.147. The van der Waals surface area contributed by atoms with Crippen LogP contribution in [0.3, 0.4) is 0 Å². The van der Waals surface area contributed by atoms with Gasteiger partial charge >= 0.3 is 0 Å². The van der Waals surface area contributed by atoms with Crippen molar-refractivity contribution in [3.63, 3.8) is 0 Å². The van der Waals surface area contributed by atoms with Crippen LogP contribution in [0.1, 0.15) is 27.4 Å². The van der Waals surface area contributed by atoms with Crippen LogP contribution in [0.4, 0.5) is 10.2 Å². The summed E-state index contributed by atoms with van der Waals surface area (Å²) in [4.78, 5) is 22.9. The Morgan fingerprint density at radius 2 is 1.90 bits per heavy atom. The molecule has 0 bridgehead atoms. The van der Waals surface area contributed by atoms with E-state index in [4.69, 9.17) is 4.74 Å². The molecule has 3 aromatic rings. The Labute approximate surface area is 173 Å². The molecule has 1 fully saturated rings. The van der Waals surface area contributed by atoms with Crippen LogP contribution >= 0.6 is 0 Å². The molecule has 30 heavy (non-hydrogen) atoms. The minimum Gasteiger partial charge on any atom is -0.378 e. The van der Waals surface area contributed by atoms with Gasteiger partial charge in [-0.3, -0.25) is 9.78 Å². The molecule has 0 unspecified atom stereocenters. The van der Waals surface area contributed by atoms with Crippen molar-refractivity contribution in [2.45, 2.75) is 20.4 Å². The molecule has 1 aromatic carbocycles. The van der Waals surface area contributed by atoms with Crippen molar-refractivity contribution in [3.8, 4) is 5.69 Å². The number of nitrogens with zero attached hydrogens (tertiary/aromatic N) is 5. The van der Waals surface area contributed by atoms with Crippen molar-refractivity contribution in [3.05, 3.63) is 65.1 Å². The van der Waals surface area contributed by atoms with Gasteiger partial charge in [-0.1, -0.05) is 0 Å². The Morgan fingerprint density at radius 1 is 1.17 bits per heavy atom. The lowest BCUT2D eigenvalue weighted by Gasteiger charge is -2.26. The molecule has 0 atom stereocenters. The predicted octanol–water partition coefficient (Wildman–Crippen LogP) is 2.50. The van der Waals surface area contributed by atoms with Gasteiger partial charge in [0.1, 0.15) is 17.3 Å². The summed E-state index contributed by atoms with van der Waals surface area (Å²) in [6.45, 7) is 6.54. The SMILES string of the molecule is Cc1nn(-c2ccc(F)cc2)c(C)c1CNc1cncc(C(=O)N2CCOCC2)n1. The molecule has 1 saturated heterocycles. The van der Waals surface area contributed by atoms with Gasteiger partial charge in [0.2, 0.25) is 0 Å². The number of benzene rings is 1. The highest BCUT2D eigenvalue weighted by molar-refractivity contribution is 5.92. The first kappa shape index (κ1) is 20.0. The van der Waals surface area contributed by atoms with Gasteiger partial charge in [-0.15, -0.1) is 0 Å². The number of hydrogen-bond acceptors (Lipinski definition) is 6. The van der Waals surface area contributed by atoms with E-state index >= 15 is 0 Å². The first-order valence-electron chi connectivity index (χ1n) is 9.77. The largest absolute Gasteiger partial charge is 0.378 e. The van der Waals surface area contributed by atoms with Crippen LogP contribution in [-0.4, -0.2) is 56.9 Å². The zero-order chi connectivity index (χ0) is 21.1. The van der Waals surface area contributed by atoms with E-state index in [2.05, 4.69) is 20.4 Å². The van der Waals surface area contributed by atoms with E-state index in [-0.39, 0.29) is 11.7 Å². The van der Waals surface area contributed by atoms with E-state index in [0.29, 0.717) is 44.4 Å². The van der Waals surface area contributed by atoms with Crippen molar-refractivity contribution in [1.82, 2.24) is 24.6 Å². The van der Waals surface area contributed by atoms with Gasteiger partial charge in [0.15, 0.2) is 0 Å². The smallest absolute Gasteiger partial charge is 0.274 e. The molecule has 0 radical (unpaired) electrons. The highest BCUT2D eigenvalue weighted by atomic mass is 19.1. The minimum atomic E-state index is -0.285. The van der Waals surface area contributed by atoms with Crippen LogP contribution in [0.15, 0.2) is 36.7 Å². The molecule has 2 aromatic heterocycles. The van der Waals surface area contributed by atoms with Gasteiger partial charge in [0.05, 0.1) is 37.0 Å². The van der Waals surface area contributed by atoms with Gasteiger partial charge in [0, 0.05) is 30.9 Å². The third-order valence-electron chi connectivity index (χ3n) is 5.11. The van der Waals surface area contributed by atoms with Crippen LogP contribution in [-0.2, 0) is 11.3 Å². The Balaban J connectivity index is 1.48. The fourth-order valence-electron chi connectivity index (χ4n) is 3.43. The van der Waals surface area contributed by atoms with E-state index in [1.165, 1.54) is 18.3 Å². The average molecular weight is 410 g/mol.